The molecule has 5 heteroatoms. The first-order chi connectivity index (χ1) is 8.70. The molecule has 2 rings (SSSR count). The van der Waals surface area contributed by atoms with Gasteiger partial charge in [-0.3, -0.25) is 4.98 Å². The summed E-state index contributed by atoms with van der Waals surface area (Å²) in [7, 11) is 0. The van der Waals surface area contributed by atoms with Gasteiger partial charge in [0.05, 0.1) is 5.02 Å². The van der Waals surface area contributed by atoms with Gasteiger partial charge in [0.1, 0.15) is 0 Å². The van der Waals surface area contributed by atoms with Crippen LogP contribution in [0.1, 0.15) is 23.4 Å². The molecule has 0 saturated heterocycles. The Labute approximate surface area is 125 Å². The molecule has 2 aromatic heterocycles. The molecule has 2 nitrogen and oxygen atoms in total. The van der Waals surface area contributed by atoms with Crippen LogP contribution in [0.2, 0.25) is 5.02 Å². The minimum Gasteiger partial charge on any atom is -0.309 e. The first-order valence-corrected chi connectivity index (χ1v) is 7.81. The van der Waals surface area contributed by atoms with Crippen LogP contribution in [0.15, 0.2) is 34.4 Å². The average molecular weight is 346 g/mol. The molecule has 0 fully saturated rings. The van der Waals surface area contributed by atoms with E-state index in [1.807, 2.05) is 17.6 Å². The minimum atomic E-state index is 0.249. The molecular weight excluding hydrogens is 332 g/mol. The molecular formula is C13H14BrClN2S. The molecule has 1 N–H and O–H groups in total. The molecule has 18 heavy (non-hydrogen) atoms. The topological polar surface area (TPSA) is 24.9 Å². The van der Waals surface area contributed by atoms with Gasteiger partial charge in [-0.25, -0.2) is 0 Å². The number of thiophene rings is 1. The monoisotopic (exact) mass is 344 g/mol. The Hall–Kier alpha value is -0.420. The highest BCUT2D eigenvalue weighted by atomic mass is 79.9. The van der Waals surface area contributed by atoms with E-state index < -0.39 is 0 Å². The summed E-state index contributed by atoms with van der Waals surface area (Å²) in [6, 6.07) is 4.29. The van der Waals surface area contributed by atoms with Gasteiger partial charge in [0.25, 0.3) is 0 Å². The van der Waals surface area contributed by atoms with Crippen molar-refractivity contribution < 1.29 is 0 Å². The first kappa shape index (κ1) is 14.0. The van der Waals surface area contributed by atoms with E-state index in [9.17, 15) is 0 Å². The van der Waals surface area contributed by atoms with E-state index in [0.29, 0.717) is 0 Å². The van der Waals surface area contributed by atoms with Crippen LogP contribution in [0.4, 0.5) is 0 Å². The standard InChI is InChI=1S/C13H14BrClN2S/c1-2-17-12(13-11(15)3-4-18-13)6-9-5-10(14)8-16-7-9/h3-5,7-8,12,17H,2,6H2,1H3. The van der Waals surface area contributed by atoms with Gasteiger partial charge in [0, 0.05) is 27.8 Å². The van der Waals surface area contributed by atoms with Crippen molar-refractivity contribution in [2.45, 2.75) is 19.4 Å². The summed E-state index contributed by atoms with van der Waals surface area (Å²) < 4.78 is 1.01. The minimum absolute atomic E-state index is 0.249. The van der Waals surface area contributed by atoms with Crippen molar-refractivity contribution >= 4 is 38.9 Å². The van der Waals surface area contributed by atoms with Gasteiger partial charge in [0.2, 0.25) is 0 Å². The van der Waals surface area contributed by atoms with Crippen molar-refractivity contribution in [2.75, 3.05) is 6.54 Å². The number of nitrogens with one attached hydrogen (secondary N) is 1. The smallest absolute Gasteiger partial charge is 0.0561 e. The third-order valence-corrected chi connectivity index (χ3v) is 4.52. The molecule has 2 heterocycles. The van der Waals surface area contributed by atoms with Gasteiger partial charge in [-0.1, -0.05) is 18.5 Å². The van der Waals surface area contributed by atoms with Crippen LogP contribution in [0.25, 0.3) is 0 Å². The first-order valence-electron chi connectivity index (χ1n) is 5.76. The SMILES string of the molecule is CCNC(Cc1cncc(Br)c1)c1sccc1Cl. The second-order valence-corrected chi connectivity index (χ2v) is 6.23. The predicted molar refractivity (Wildman–Crippen MR) is 81.4 cm³/mol. The van der Waals surface area contributed by atoms with Crippen LogP contribution in [0.3, 0.4) is 0 Å². The molecule has 0 aromatic carbocycles. The number of pyridine rings is 1. The Morgan fingerprint density at radius 2 is 2.33 bits per heavy atom. The lowest BCUT2D eigenvalue weighted by atomic mass is 10.1. The Morgan fingerprint density at radius 1 is 1.50 bits per heavy atom. The van der Waals surface area contributed by atoms with Crippen LogP contribution in [-0.4, -0.2) is 11.5 Å². The number of likely N-dealkylation sites (N-methyl/N-ethyl adjacent to an activating group) is 1. The van der Waals surface area contributed by atoms with Crippen molar-refractivity contribution in [1.29, 1.82) is 0 Å². The van der Waals surface area contributed by atoms with Gasteiger partial charge < -0.3 is 5.32 Å². The van der Waals surface area contributed by atoms with E-state index in [4.69, 9.17) is 11.6 Å². The number of rotatable bonds is 5. The summed E-state index contributed by atoms with van der Waals surface area (Å²) in [6.07, 6.45) is 4.58. The van der Waals surface area contributed by atoms with Crippen LogP contribution >= 0.6 is 38.9 Å². The number of nitrogens with zero attached hydrogens (tertiary/aromatic N) is 1. The third-order valence-electron chi connectivity index (χ3n) is 2.61. The van der Waals surface area contributed by atoms with Crippen molar-refractivity contribution in [1.82, 2.24) is 10.3 Å². The van der Waals surface area contributed by atoms with Crippen molar-refractivity contribution in [3.63, 3.8) is 0 Å². The Balaban J connectivity index is 2.19. The highest BCUT2D eigenvalue weighted by molar-refractivity contribution is 9.10. The summed E-state index contributed by atoms with van der Waals surface area (Å²) in [5.74, 6) is 0. The maximum atomic E-state index is 6.21. The summed E-state index contributed by atoms with van der Waals surface area (Å²) in [4.78, 5) is 5.39. The fourth-order valence-corrected chi connectivity index (χ4v) is 3.54. The van der Waals surface area contributed by atoms with Gasteiger partial charge in [-0.15, -0.1) is 11.3 Å². The molecule has 0 radical (unpaired) electrons. The molecule has 0 aliphatic heterocycles. The lowest BCUT2D eigenvalue weighted by Crippen LogP contribution is -2.22. The van der Waals surface area contributed by atoms with E-state index in [-0.39, 0.29) is 6.04 Å². The van der Waals surface area contributed by atoms with Crippen molar-refractivity contribution in [2.24, 2.45) is 0 Å². The van der Waals surface area contributed by atoms with Crippen LogP contribution < -0.4 is 5.32 Å². The molecule has 96 valence electrons. The lowest BCUT2D eigenvalue weighted by molar-refractivity contribution is 0.557. The summed E-state index contributed by atoms with van der Waals surface area (Å²) >= 11 is 11.4. The maximum Gasteiger partial charge on any atom is 0.0561 e. The van der Waals surface area contributed by atoms with Gasteiger partial charge in [-0.2, -0.15) is 0 Å². The van der Waals surface area contributed by atoms with Gasteiger partial charge >= 0.3 is 0 Å². The zero-order chi connectivity index (χ0) is 13.0. The van der Waals surface area contributed by atoms with Crippen LogP contribution in [-0.2, 0) is 6.42 Å². The second-order valence-electron chi connectivity index (χ2n) is 3.96. The van der Waals surface area contributed by atoms with Crippen LogP contribution in [0.5, 0.6) is 0 Å². The summed E-state index contributed by atoms with van der Waals surface area (Å²) in [5.41, 5.74) is 1.19. The molecule has 1 atom stereocenters. The third kappa shape index (κ3) is 3.54. The van der Waals surface area contributed by atoms with Crippen LogP contribution in [0, 0.1) is 0 Å². The Kier molecular flexibility index (Phi) is 5.18. The van der Waals surface area contributed by atoms with Crippen molar-refractivity contribution in [3.8, 4) is 0 Å². The number of hydrogen-bond acceptors (Lipinski definition) is 3. The maximum absolute atomic E-state index is 6.21. The molecule has 2 aromatic rings. The van der Waals surface area contributed by atoms with E-state index in [1.165, 1.54) is 10.4 Å². The summed E-state index contributed by atoms with van der Waals surface area (Å²) in [6.45, 7) is 3.02. The van der Waals surface area contributed by atoms with E-state index >= 15 is 0 Å². The molecule has 1 unspecified atom stereocenters. The normalized spacial score (nSPS) is 12.6. The quantitative estimate of drug-likeness (QED) is 0.866. The fourth-order valence-electron chi connectivity index (χ4n) is 1.86. The Morgan fingerprint density at radius 3 is 2.94 bits per heavy atom. The van der Waals surface area contributed by atoms with E-state index in [0.717, 1.165) is 22.5 Å². The lowest BCUT2D eigenvalue weighted by Gasteiger charge is -2.17. The number of halogens is 2. The van der Waals surface area contributed by atoms with Crippen molar-refractivity contribution in [3.05, 3.63) is 49.8 Å². The number of hydrogen-bond donors (Lipinski definition) is 1. The largest absolute Gasteiger partial charge is 0.309 e. The zero-order valence-corrected chi connectivity index (χ0v) is 13.1. The van der Waals surface area contributed by atoms with E-state index in [2.05, 4.69) is 39.2 Å². The second kappa shape index (κ2) is 6.66. The highest BCUT2D eigenvalue weighted by Crippen LogP contribution is 2.31. The van der Waals surface area contributed by atoms with E-state index in [1.54, 1.807) is 17.5 Å². The average Bonchev–Trinajstić information content (AvgIpc) is 2.75. The highest BCUT2D eigenvalue weighted by Gasteiger charge is 2.16. The Bertz CT molecular complexity index is 515. The summed E-state index contributed by atoms with van der Waals surface area (Å²) in [5, 5.41) is 6.35. The fraction of sp³-hybridized carbons (Fsp3) is 0.308. The zero-order valence-electron chi connectivity index (χ0n) is 9.99. The molecule has 0 spiro atoms. The molecule has 0 aliphatic rings. The molecule has 0 aliphatic carbocycles. The molecule has 0 amide bonds. The molecule has 0 saturated carbocycles. The molecule has 0 bridgehead atoms. The van der Waals surface area contributed by atoms with Gasteiger partial charge in [-0.05, 0) is 52.0 Å². The number of aromatic nitrogens is 1. The predicted octanol–water partition coefficient (Wildman–Crippen LogP) is 4.45. The van der Waals surface area contributed by atoms with Gasteiger partial charge in [0.15, 0.2) is 0 Å².